The Morgan fingerprint density at radius 1 is 1.21 bits per heavy atom. The van der Waals surface area contributed by atoms with Gasteiger partial charge in [-0.15, -0.1) is 0 Å². The number of nitrogens with zero attached hydrogens (tertiary/aromatic N) is 4. The minimum absolute atomic E-state index is 0.128. The predicted octanol–water partition coefficient (Wildman–Crippen LogP) is 2.53. The van der Waals surface area contributed by atoms with Gasteiger partial charge in [0.25, 0.3) is 11.5 Å². The van der Waals surface area contributed by atoms with Gasteiger partial charge in [-0.25, -0.2) is 10.0 Å². The zero-order valence-electron chi connectivity index (χ0n) is 17.4. The van der Waals surface area contributed by atoms with Gasteiger partial charge in [-0.05, 0) is 45.9 Å². The molecule has 3 rings (SSSR count). The molecule has 1 fully saturated rings. The Morgan fingerprint density at radius 3 is 2.39 bits per heavy atom. The van der Waals surface area contributed by atoms with Crippen LogP contribution in [0.4, 0.5) is 17.2 Å². The van der Waals surface area contributed by atoms with Crippen LogP contribution < -0.4 is 15.9 Å². The van der Waals surface area contributed by atoms with Crippen LogP contribution in [-0.4, -0.2) is 45.6 Å². The Balaban J connectivity index is 1.88. The Hall–Kier alpha value is -2.87. The second kappa shape index (κ2) is 6.63. The van der Waals surface area contributed by atoms with Crippen molar-refractivity contribution >= 4 is 23.1 Å². The molecular weight excluding hydrogens is 358 g/mol. The van der Waals surface area contributed by atoms with E-state index in [1.54, 1.807) is 45.5 Å². The largest absolute Gasteiger partial charge is 0.345 e. The summed E-state index contributed by atoms with van der Waals surface area (Å²) in [6.45, 7) is 8.25. The Labute approximate surface area is 164 Å². The van der Waals surface area contributed by atoms with E-state index in [1.165, 1.54) is 15.7 Å². The highest BCUT2D eigenvalue weighted by atomic mass is 16.7. The molecule has 0 unspecified atom stereocenters. The Morgan fingerprint density at radius 2 is 1.89 bits per heavy atom. The number of nitrogens with one attached hydrogen (secondary N) is 1. The lowest BCUT2D eigenvalue weighted by Crippen LogP contribution is -2.72. The maximum absolute atomic E-state index is 12.6. The van der Waals surface area contributed by atoms with Crippen molar-refractivity contribution in [2.24, 2.45) is 7.05 Å². The fourth-order valence-corrected chi connectivity index (χ4v) is 2.92. The normalized spacial score (nSPS) is 17.0. The minimum Gasteiger partial charge on any atom is -0.345 e. The summed E-state index contributed by atoms with van der Waals surface area (Å²) in [7, 11) is 5.07. The standard InChI is InChI=1S/C20H27N5O3/c1-19(2)20(3,4)28-25(19)14-10-15(18(27)24(7)12-14)22-16-9-8-13(11-21-16)17(26)23(5)6/h8-12H,1-7H3,(H,21,22). The SMILES string of the molecule is CN(C)C(=O)c1ccc(Nc2cc(N3OC(C)(C)C3(C)C)cn(C)c2=O)nc1. The first-order chi connectivity index (χ1) is 12.9. The molecule has 0 aromatic carbocycles. The van der Waals surface area contributed by atoms with Crippen LogP contribution in [0.1, 0.15) is 38.1 Å². The molecule has 2 aromatic heterocycles. The third kappa shape index (κ3) is 3.24. The lowest BCUT2D eigenvalue weighted by Gasteiger charge is -2.60. The van der Waals surface area contributed by atoms with E-state index < -0.39 is 0 Å². The highest BCUT2D eigenvalue weighted by molar-refractivity contribution is 5.93. The number of hydrogen-bond donors (Lipinski definition) is 1. The maximum Gasteiger partial charge on any atom is 0.274 e. The highest BCUT2D eigenvalue weighted by Gasteiger charge is 2.55. The molecule has 1 aliphatic rings. The van der Waals surface area contributed by atoms with Crippen molar-refractivity contribution in [2.45, 2.75) is 38.8 Å². The minimum atomic E-state index is -0.300. The number of carbonyl (C=O) groups excluding carboxylic acids is 1. The van der Waals surface area contributed by atoms with E-state index in [-0.39, 0.29) is 22.6 Å². The van der Waals surface area contributed by atoms with E-state index in [4.69, 9.17) is 4.84 Å². The number of amides is 1. The van der Waals surface area contributed by atoms with Gasteiger partial charge >= 0.3 is 0 Å². The zero-order chi connectivity index (χ0) is 20.9. The van der Waals surface area contributed by atoms with Crippen LogP contribution in [-0.2, 0) is 11.9 Å². The number of aromatic nitrogens is 2. The number of carbonyl (C=O) groups is 1. The molecule has 150 valence electrons. The number of pyridine rings is 2. The van der Waals surface area contributed by atoms with Crippen LogP contribution in [0.3, 0.4) is 0 Å². The van der Waals surface area contributed by atoms with Crippen LogP contribution in [0, 0.1) is 0 Å². The molecule has 0 saturated carbocycles. The number of rotatable bonds is 4. The first-order valence-corrected chi connectivity index (χ1v) is 9.09. The van der Waals surface area contributed by atoms with Crippen molar-refractivity contribution in [3.8, 4) is 0 Å². The van der Waals surface area contributed by atoms with Crippen molar-refractivity contribution in [2.75, 3.05) is 24.5 Å². The summed E-state index contributed by atoms with van der Waals surface area (Å²) in [5.74, 6) is 0.352. The second-order valence-electron chi connectivity index (χ2n) is 8.24. The van der Waals surface area contributed by atoms with Gasteiger partial charge in [0.05, 0.1) is 16.8 Å². The van der Waals surface area contributed by atoms with E-state index in [1.807, 2.05) is 18.9 Å². The average Bonchev–Trinajstić information content (AvgIpc) is 2.63. The van der Waals surface area contributed by atoms with Crippen molar-refractivity contribution < 1.29 is 9.63 Å². The predicted molar refractivity (Wildman–Crippen MR) is 109 cm³/mol. The summed E-state index contributed by atoms with van der Waals surface area (Å²) in [4.78, 5) is 36.2. The molecule has 0 aliphatic carbocycles. The van der Waals surface area contributed by atoms with Gasteiger partial charge in [0.1, 0.15) is 17.1 Å². The van der Waals surface area contributed by atoms with Gasteiger partial charge in [0.2, 0.25) is 0 Å². The second-order valence-corrected chi connectivity index (χ2v) is 8.24. The molecule has 0 bridgehead atoms. The summed E-state index contributed by atoms with van der Waals surface area (Å²) in [6.07, 6.45) is 3.24. The van der Waals surface area contributed by atoms with E-state index in [9.17, 15) is 9.59 Å². The van der Waals surface area contributed by atoms with Gasteiger partial charge in [-0.1, -0.05) is 0 Å². The third-order valence-corrected chi connectivity index (χ3v) is 5.38. The van der Waals surface area contributed by atoms with Crippen LogP contribution >= 0.6 is 0 Å². The quantitative estimate of drug-likeness (QED) is 0.871. The van der Waals surface area contributed by atoms with Crippen molar-refractivity contribution in [1.82, 2.24) is 14.5 Å². The molecule has 1 amide bonds. The lowest BCUT2D eigenvalue weighted by atomic mass is 9.82. The zero-order valence-corrected chi connectivity index (χ0v) is 17.4. The van der Waals surface area contributed by atoms with Crippen molar-refractivity contribution in [3.05, 3.63) is 46.5 Å². The summed E-state index contributed by atoms with van der Waals surface area (Å²) in [5.41, 5.74) is 0.920. The first-order valence-electron chi connectivity index (χ1n) is 9.09. The van der Waals surface area contributed by atoms with E-state index >= 15 is 0 Å². The lowest BCUT2D eigenvalue weighted by molar-refractivity contribution is -0.208. The molecule has 0 atom stereocenters. The number of aryl methyl sites for hydroxylation is 1. The molecule has 1 N–H and O–H groups in total. The molecule has 8 nitrogen and oxygen atoms in total. The smallest absolute Gasteiger partial charge is 0.274 e. The third-order valence-electron chi connectivity index (χ3n) is 5.38. The molecule has 1 saturated heterocycles. The van der Waals surface area contributed by atoms with Crippen molar-refractivity contribution in [1.29, 1.82) is 0 Å². The summed E-state index contributed by atoms with van der Waals surface area (Å²) in [5, 5.41) is 4.86. The van der Waals surface area contributed by atoms with Gasteiger partial charge < -0.3 is 14.8 Å². The summed E-state index contributed by atoms with van der Waals surface area (Å²) >= 11 is 0. The fraction of sp³-hybridized carbons (Fsp3) is 0.450. The molecule has 8 heteroatoms. The van der Waals surface area contributed by atoms with Crippen LogP contribution in [0.2, 0.25) is 0 Å². The van der Waals surface area contributed by atoms with E-state index in [2.05, 4.69) is 24.1 Å². The van der Waals surface area contributed by atoms with E-state index in [0.29, 0.717) is 17.1 Å². The molecule has 0 radical (unpaired) electrons. The number of hydrogen-bond acceptors (Lipinski definition) is 6. The highest BCUT2D eigenvalue weighted by Crippen LogP contribution is 2.45. The van der Waals surface area contributed by atoms with Gasteiger partial charge in [0, 0.05) is 33.5 Å². The van der Waals surface area contributed by atoms with Gasteiger partial charge in [-0.2, -0.15) is 0 Å². The van der Waals surface area contributed by atoms with Gasteiger partial charge in [-0.3, -0.25) is 14.4 Å². The number of hydroxylamine groups is 1. The fourth-order valence-electron chi connectivity index (χ4n) is 2.92. The van der Waals surface area contributed by atoms with Crippen LogP contribution in [0.5, 0.6) is 0 Å². The topological polar surface area (TPSA) is 79.7 Å². The summed E-state index contributed by atoms with van der Waals surface area (Å²) in [6, 6.07) is 5.10. The monoisotopic (exact) mass is 385 g/mol. The number of anilines is 3. The molecule has 2 aromatic rings. The Bertz CT molecular complexity index is 961. The van der Waals surface area contributed by atoms with Crippen LogP contribution in [0.15, 0.2) is 35.4 Å². The van der Waals surface area contributed by atoms with Crippen molar-refractivity contribution in [3.63, 3.8) is 0 Å². The maximum atomic E-state index is 12.6. The Kier molecular flexibility index (Phi) is 4.71. The average molecular weight is 385 g/mol. The molecule has 1 aliphatic heterocycles. The molecule has 0 spiro atoms. The molecular formula is C20H27N5O3. The first kappa shape index (κ1) is 19.9. The van der Waals surface area contributed by atoms with E-state index in [0.717, 1.165) is 5.69 Å². The molecule has 28 heavy (non-hydrogen) atoms. The van der Waals surface area contributed by atoms with Crippen LogP contribution in [0.25, 0.3) is 0 Å². The van der Waals surface area contributed by atoms with Gasteiger partial charge in [0.15, 0.2) is 0 Å². The summed E-state index contributed by atoms with van der Waals surface area (Å²) < 4.78 is 1.51. The molecule has 3 heterocycles.